The van der Waals surface area contributed by atoms with Crippen LogP contribution in [0.3, 0.4) is 0 Å². The van der Waals surface area contributed by atoms with E-state index in [1.807, 2.05) is 31.4 Å². The number of carbonyl (C=O) groups excluding carboxylic acids is 1. The summed E-state index contributed by atoms with van der Waals surface area (Å²) >= 11 is 1.55. The number of amides is 2. The molecule has 0 spiro atoms. The van der Waals surface area contributed by atoms with Gasteiger partial charge in [-0.1, -0.05) is 19.1 Å². The summed E-state index contributed by atoms with van der Waals surface area (Å²) < 4.78 is 0. The van der Waals surface area contributed by atoms with Crippen LogP contribution in [0, 0.1) is 0 Å². The number of carboxylic acids is 1. The Balaban J connectivity index is 2.58. The predicted octanol–water partition coefficient (Wildman–Crippen LogP) is 2.58. The third kappa shape index (κ3) is 5.52. The number of hydrogen-bond acceptors (Lipinski definition) is 3. The summed E-state index contributed by atoms with van der Waals surface area (Å²) in [5, 5.41) is 14.2. The summed E-state index contributed by atoms with van der Waals surface area (Å²) in [6.45, 7) is 2.03. The van der Waals surface area contributed by atoms with E-state index < -0.39 is 18.0 Å². The molecule has 20 heavy (non-hydrogen) atoms. The maximum Gasteiger partial charge on any atom is 0.326 e. The monoisotopic (exact) mass is 296 g/mol. The van der Waals surface area contributed by atoms with Crippen LogP contribution < -0.4 is 10.6 Å². The van der Waals surface area contributed by atoms with Gasteiger partial charge in [0.15, 0.2) is 0 Å². The van der Waals surface area contributed by atoms with Gasteiger partial charge in [-0.05, 0) is 42.5 Å². The Labute approximate surface area is 123 Å². The first-order valence-electron chi connectivity index (χ1n) is 6.45. The van der Waals surface area contributed by atoms with Gasteiger partial charge in [0, 0.05) is 5.69 Å². The van der Waals surface area contributed by atoms with E-state index in [1.165, 1.54) is 0 Å². The number of carbonyl (C=O) groups is 2. The fourth-order valence-corrected chi connectivity index (χ4v) is 2.16. The van der Waals surface area contributed by atoms with Crippen molar-refractivity contribution in [1.82, 2.24) is 5.32 Å². The number of rotatable bonds is 7. The van der Waals surface area contributed by atoms with Crippen molar-refractivity contribution in [3.63, 3.8) is 0 Å². The molecule has 0 unspecified atom stereocenters. The van der Waals surface area contributed by atoms with E-state index in [9.17, 15) is 9.59 Å². The molecule has 0 aromatic heterocycles. The van der Waals surface area contributed by atoms with Crippen LogP contribution in [0.1, 0.15) is 18.9 Å². The Morgan fingerprint density at radius 3 is 2.75 bits per heavy atom. The quantitative estimate of drug-likeness (QED) is 0.722. The zero-order valence-electron chi connectivity index (χ0n) is 11.7. The highest BCUT2D eigenvalue weighted by atomic mass is 32.2. The first-order chi connectivity index (χ1) is 9.56. The Morgan fingerprint density at radius 2 is 2.15 bits per heavy atom. The fourth-order valence-electron chi connectivity index (χ4n) is 1.69. The Morgan fingerprint density at radius 1 is 1.40 bits per heavy atom. The fraction of sp³-hybridized carbons (Fsp3) is 0.429. The minimum atomic E-state index is -1.02. The highest BCUT2D eigenvalue weighted by Gasteiger charge is 2.19. The van der Waals surface area contributed by atoms with Gasteiger partial charge in [0.2, 0.25) is 0 Å². The van der Waals surface area contributed by atoms with Gasteiger partial charge in [0.25, 0.3) is 0 Å². The molecular weight excluding hydrogens is 276 g/mol. The number of hydrogen-bond donors (Lipinski definition) is 3. The normalized spacial score (nSPS) is 11.7. The van der Waals surface area contributed by atoms with E-state index in [0.717, 1.165) is 12.0 Å². The van der Waals surface area contributed by atoms with Crippen molar-refractivity contribution in [2.45, 2.75) is 25.8 Å². The number of aryl methyl sites for hydroxylation is 1. The van der Waals surface area contributed by atoms with E-state index in [1.54, 1.807) is 17.8 Å². The number of benzene rings is 1. The molecule has 0 aliphatic rings. The van der Waals surface area contributed by atoms with Gasteiger partial charge in [-0.15, -0.1) is 0 Å². The molecule has 1 rings (SSSR count). The summed E-state index contributed by atoms with van der Waals surface area (Å²) in [5.74, 6) is -0.334. The molecule has 0 saturated heterocycles. The summed E-state index contributed by atoms with van der Waals surface area (Å²) in [5.41, 5.74) is 1.77. The first-order valence-corrected chi connectivity index (χ1v) is 7.84. The van der Waals surface area contributed by atoms with Crippen LogP contribution in [-0.4, -0.2) is 35.2 Å². The summed E-state index contributed by atoms with van der Waals surface area (Å²) in [6.07, 6.45) is 3.18. The molecule has 110 valence electrons. The van der Waals surface area contributed by atoms with Gasteiger partial charge in [-0.25, -0.2) is 9.59 Å². The largest absolute Gasteiger partial charge is 0.480 e. The maximum atomic E-state index is 11.8. The highest BCUT2D eigenvalue weighted by Crippen LogP contribution is 2.11. The molecule has 1 aromatic rings. The zero-order chi connectivity index (χ0) is 15.0. The van der Waals surface area contributed by atoms with Gasteiger partial charge in [0.05, 0.1) is 0 Å². The Bertz CT molecular complexity index is 465. The van der Waals surface area contributed by atoms with Crippen LogP contribution in [0.25, 0.3) is 0 Å². The Hall–Kier alpha value is -1.69. The molecule has 0 bridgehead atoms. The molecule has 0 radical (unpaired) electrons. The van der Waals surface area contributed by atoms with E-state index in [4.69, 9.17) is 5.11 Å². The van der Waals surface area contributed by atoms with Crippen LogP contribution in [0.15, 0.2) is 24.3 Å². The molecule has 3 N–H and O–H groups in total. The molecule has 0 fully saturated rings. The van der Waals surface area contributed by atoms with Crippen LogP contribution >= 0.6 is 11.8 Å². The maximum absolute atomic E-state index is 11.8. The van der Waals surface area contributed by atoms with Crippen molar-refractivity contribution in [2.24, 2.45) is 0 Å². The molecule has 5 nitrogen and oxygen atoms in total. The number of anilines is 1. The average Bonchev–Trinajstić information content (AvgIpc) is 2.43. The lowest BCUT2D eigenvalue weighted by Crippen LogP contribution is -2.43. The van der Waals surface area contributed by atoms with Gasteiger partial charge < -0.3 is 15.7 Å². The molecule has 0 saturated carbocycles. The third-order valence-corrected chi connectivity index (χ3v) is 3.45. The van der Waals surface area contributed by atoms with Crippen LogP contribution in [-0.2, 0) is 11.2 Å². The second-order valence-corrected chi connectivity index (χ2v) is 5.31. The van der Waals surface area contributed by atoms with Crippen LogP contribution in [0.4, 0.5) is 10.5 Å². The molecule has 1 aromatic carbocycles. The molecule has 1 atom stereocenters. The Kier molecular flexibility index (Phi) is 6.93. The number of urea groups is 1. The lowest BCUT2D eigenvalue weighted by molar-refractivity contribution is -0.139. The van der Waals surface area contributed by atoms with Crippen LogP contribution in [0.5, 0.6) is 0 Å². The van der Waals surface area contributed by atoms with Crippen molar-refractivity contribution < 1.29 is 14.7 Å². The lowest BCUT2D eigenvalue weighted by Gasteiger charge is -2.15. The zero-order valence-corrected chi connectivity index (χ0v) is 12.5. The van der Waals surface area contributed by atoms with Gasteiger partial charge in [-0.2, -0.15) is 11.8 Å². The molecule has 2 amide bonds. The number of nitrogens with one attached hydrogen (secondary N) is 2. The first kappa shape index (κ1) is 16.4. The van der Waals surface area contributed by atoms with Crippen molar-refractivity contribution in [3.8, 4) is 0 Å². The minimum absolute atomic E-state index is 0.402. The third-order valence-electron chi connectivity index (χ3n) is 2.81. The van der Waals surface area contributed by atoms with E-state index in [2.05, 4.69) is 10.6 Å². The second-order valence-electron chi connectivity index (χ2n) is 4.32. The highest BCUT2D eigenvalue weighted by molar-refractivity contribution is 7.98. The average molecular weight is 296 g/mol. The van der Waals surface area contributed by atoms with E-state index in [-0.39, 0.29) is 0 Å². The van der Waals surface area contributed by atoms with Gasteiger partial charge in [-0.3, -0.25) is 0 Å². The minimum Gasteiger partial charge on any atom is -0.480 e. The van der Waals surface area contributed by atoms with Gasteiger partial charge in [0.1, 0.15) is 6.04 Å². The molecule has 6 heteroatoms. The molecule has 0 aliphatic carbocycles. The standard InChI is InChI=1S/C14H20N2O3S/c1-3-10-5-4-6-11(9-10)15-14(19)16-12(13(17)18)7-8-20-2/h4-6,9,12H,3,7-8H2,1-2H3,(H,17,18)(H2,15,16,19)/t12-/m0/s1. The van der Waals surface area contributed by atoms with Crippen LogP contribution in [0.2, 0.25) is 0 Å². The van der Waals surface area contributed by atoms with Crippen molar-refractivity contribution in [2.75, 3.05) is 17.3 Å². The van der Waals surface area contributed by atoms with E-state index >= 15 is 0 Å². The van der Waals surface area contributed by atoms with Crippen molar-refractivity contribution >= 4 is 29.4 Å². The number of aliphatic carboxylic acids is 1. The number of thioether (sulfide) groups is 1. The van der Waals surface area contributed by atoms with Crippen molar-refractivity contribution in [3.05, 3.63) is 29.8 Å². The molecule has 0 aliphatic heterocycles. The number of carboxylic acid groups (broad SMARTS) is 1. The SMILES string of the molecule is CCc1cccc(NC(=O)N[C@@H](CCSC)C(=O)O)c1. The lowest BCUT2D eigenvalue weighted by atomic mass is 10.1. The van der Waals surface area contributed by atoms with E-state index in [0.29, 0.717) is 17.9 Å². The second kappa shape index (κ2) is 8.47. The smallest absolute Gasteiger partial charge is 0.326 e. The summed E-state index contributed by atoms with van der Waals surface area (Å²) in [4.78, 5) is 22.8. The van der Waals surface area contributed by atoms with Crippen molar-refractivity contribution in [1.29, 1.82) is 0 Å². The summed E-state index contributed by atoms with van der Waals surface area (Å²) in [6, 6.07) is 6.12. The predicted molar refractivity (Wildman–Crippen MR) is 82.4 cm³/mol. The van der Waals surface area contributed by atoms with Gasteiger partial charge >= 0.3 is 12.0 Å². The topological polar surface area (TPSA) is 78.4 Å². The summed E-state index contributed by atoms with van der Waals surface area (Å²) in [7, 11) is 0. The molecule has 0 heterocycles. The molecular formula is C14H20N2O3S.